The Balaban J connectivity index is 2.63. The number of halogens is 1. The minimum absolute atomic E-state index is 0.448. The second kappa shape index (κ2) is 5.61. The summed E-state index contributed by atoms with van der Waals surface area (Å²) >= 11 is 5.89. The van der Waals surface area contributed by atoms with Gasteiger partial charge in [-0.1, -0.05) is 25.4 Å². The van der Waals surface area contributed by atoms with Gasteiger partial charge in [0.05, 0.1) is 17.0 Å². The lowest BCUT2D eigenvalue weighted by Crippen LogP contribution is -2.35. The lowest BCUT2D eigenvalue weighted by atomic mass is 9.94. The molecule has 0 aliphatic heterocycles. The number of nitrogens with two attached hydrogens (primary N) is 1. The van der Waals surface area contributed by atoms with Gasteiger partial charge in [-0.2, -0.15) is 0 Å². The summed E-state index contributed by atoms with van der Waals surface area (Å²) in [5.41, 5.74) is 6.47. The number of hydrogen-bond donors (Lipinski definition) is 3. The summed E-state index contributed by atoms with van der Waals surface area (Å²) < 4.78 is 0. The van der Waals surface area contributed by atoms with Crippen molar-refractivity contribution in [2.24, 2.45) is 5.92 Å². The smallest absolute Gasteiger partial charge is 0.0793 e. The standard InChI is InChI=1S/C13H21ClN2O/c1-9(2)7-13(3,17)8-16-12-6-10(14)4-5-11(12)15/h4-6,9,16-17H,7-8,15H2,1-3H3. The highest BCUT2D eigenvalue weighted by Crippen LogP contribution is 2.24. The van der Waals surface area contributed by atoms with E-state index in [1.54, 1.807) is 18.2 Å². The van der Waals surface area contributed by atoms with Crippen molar-refractivity contribution in [2.45, 2.75) is 32.8 Å². The van der Waals surface area contributed by atoms with Gasteiger partial charge in [-0.25, -0.2) is 0 Å². The van der Waals surface area contributed by atoms with Gasteiger partial charge in [-0.3, -0.25) is 0 Å². The van der Waals surface area contributed by atoms with E-state index in [1.165, 1.54) is 0 Å². The summed E-state index contributed by atoms with van der Waals surface area (Å²) in [5, 5.41) is 13.9. The van der Waals surface area contributed by atoms with Crippen molar-refractivity contribution >= 4 is 23.0 Å². The summed E-state index contributed by atoms with van der Waals surface area (Å²) in [7, 11) is 0. The molecule has 0 saturated heterocycles. The van der Waals surface area contributed by atoms with E-state index >= 15 is 0 Å². The first kappa shape index (κ1) is 14.1. The van der Waals surface area contributed by atoms with Gasteiger partial charge in [0.15, 0.2) is 0 Å². The van der Waals surface area contributed by atoms with Crippen LogP contribution in [-0.2, 0) is 0 Å². The fourth-order valence-corrected chi connectivity index (χ4v) is 2.09. The Hall–Kier alpha value is -0.930. The molecule has 4 N–H and O–H groups in total. The molecule has 0 fully saturated rings. The highest BCUT2D eigenvalue weighted by molar-refractivity contribution is 6.31. The van der Waals surface area contributed by atoms with Gasteiger partial charge in [0.1, 0.15) is 0 Å². The Morgan fingerprint density at radius 1 is 1.47 bits per heavy atom. The number of anilines is 2. The van der Waals surface area contributed by atoms with Crippen molar-refractivity contribution < 1.29 is 5.11 Å². The van der Waals surface area contributed by atoms with Crippen LogP contribution in [0.25, 0.3) is 0 Å². The molecule has 0 amide bonds. The summed E-state index contributed by atoms with van der Waals surface area (Å²) in [6.45, 7) is 6.45. The van der Waals surface area contributed by atoms with E-state index in [9.17, 15) is 5.11 Å². The van der Waals surface area contributed by atoms with Crippen molar-refractivity contribution in [3.63, 3.8) is 0 Å². The largest absolute Gasteiger partial charge is 0.397 e. The first-order valence-electron chi connectivity index (χ1n) is 5.81. The van der Waals surface area contributed by atoms with E-state index in [1.807, 2.05) is 6.92 Å². The van der Waals surface area contributed by atoms with Gasteiger partial charge in [0.25, 0.3) is 0 Å². The first-order valence-corrected chi connectivity index (χ1v) is 6.19. The fourth-order valence-electron chi connectivity index (χ4n) is 1.92. The van der Waals surface area contributed by atoms with Crippen molar-refractivity contribution in [1.29, 1.82) is 0 Å². The van der Waals surface area contributed by atoms with E-state index in [0.717, 1.165) is 12.1 Å². The van der Waals surface area contributed by atoms with Crippen LogP contribution in [-0.4, -0.2) is 17.3 Å². The van der Waals surface area contributed by atoms with Crippen LogP contribution in [0.1, 0.15) is 27.2 Å². The number of benzene rings is 1. The zero-order valence-corrected chi connectivity index (χ0v) is 11.4. The molecule has 1 aromatic rings. The molecule has 17 heavy (non-hydrogen) atoms. The Morgan fingerprint density at radius 2 is 2.12 bits per heavy atom. The monoisotopic (exact) mass is 256 g/mol. The van der Waals surface area contributed by atoms with Gasteiger partial charge in [0.2, 0.25) is 0 Å². The summed E-state index contributed by atoms with van der Waals surface area (Å²) in [6, 6.07) is 5.26. The molecule has 0 aliphatic rings. The Labute approximate surface area is 108 Å². The van der Waals surface area contributed by atoms with Crippen molar-refractivity contribution in [2.75, 3.05) is 17.6 Å². The van der Waals surface area contributed by atoms with Gasteiger partial charge in [-0.15, -0.1) is 0 Å². The molecule has 3 nitrogen and oxygen atoms in total. The molecule has 4 heteroatoms. The molecule has 0 saturated carbocycles. The average Bonchev–Trinajstić information content (AvgIpc) is 2.17. The third-order valence-corrected chi connectivity index (χ3v) is 2.76. The molecule has 0 radical (unpaired) electrons. The second-order valence-corrected chi connectivity index (χ2v) is 5.62. The highest BCUT2D eigenvalue weighted by Gasteiger charge is 2.21. The lowest BCUT2D eigenvalue weighted by molar-refractivity contribution is 0.0516. The average molecular weight is 257 g/mol. The van der Waals surface area contributed by atoms with Crippen molar-refractivity contribution in [3.05, 3.63) is 23.2 Å². The maximum Gasteiger partial charge on any atom is 0.0793 e. The summed E-state index contributed by atoms with van der Waals surface area (Å²) in [4.78, 5) is 0. The third-order valence-electron chi connectivity index (χ3n) is 2.52. The molecule has 1 aromatic carbocycles. The third kappa shape index (κ3) is 4.84. The van der Waals surface area contributed by atoms with Gasteiger partial charge < -0.3 is 16.2 Å². The van der Waals surface area contributed by atoms with Crippen LogP contribution in [0.3, 0.4) is 0 Å². The van der Waals surface area contributed by atoms with Crippen LogP contribution < -0.4 is 11.1 Å². The minimum Gasteiger partial charge on any atom is -0.397 e. The molecular formula is C13H21ClN2O. The summed E-state index contributed by atoms with van der Waals surface area (Å²) in [6.07, 6.45) is 0.737. The number of nitrogen functional groups attached to an aromatic ring is 1. The first-order chi connectivity index (χ1) is 7.80. The molecule has 1 unspecified atom stereocenters. The second-order valence-electron chi connectivity index (χ2n) is 5.18. The fraction of sp³-hybridized carbons (Fsp3) is 0.538. The number of aliphatic hydroxyl groups is 1. The lowest BCUT2D eigenvalue weighted by Gasteiger charge is -2.26. The number of hydrogen-bond acceptors (Lipinski definition) is 3. The van der Waals surface area contributed by atoms with Crippen molar-refractivity contribution in [1.82, 2.24) is 0 Å². The zero-order chi connectivity index (χ0) is 13.1. The maximum atomic E-state index is 10.2. The van der Waals surface area contributed by atoms with Crippen LogP contribution in [0.2, 0.25) is 5.02 Å². The molecule has 0 heterocycles. The molecular weight excluding hydrogens is 236 g/mol. The Kier molecular flexibility index (Phi) is 4.66. The van der Waals surface area contributed by atoms with Gasteiger partial charge in [-0.05, 0) is 37.5 Å². The molecule has 0 spiro atoms. The van der Waals surface area contributed by atoms with Crippen LogP contribution in [0.15, 0.2) is 18.2 Å². The predicted molar refractivity (Wildman–Crippen MR) is 74.4 cm³/mol. The Bertz CT molecular complexity index is 378. The molecule has 96 valence electrons. The zero-order valence-electron chi connectivity index (χ0n) is 10.6. The van der Waals surface area contributed by atoms with Crippen LogP contribution >= 0.6 is 11.6 Å². The number of rotatable bonds is 5. The molecule has 0 bridgehead atoms. The van der Waals surface area contributed by atoms with Gasteiger partial charge in [0, 0.05) is 11.6 Å². The topological polar surface area (TPSA) is 58.3 Å². The van der Waals surface area contributed by atoms with E-state index in [0.29, 0.717) is 23.2 Å². The quantitative estimate of drug-likeness (QED) is 0.710. The highest BCUT2D eigenvalue weighted by atomic mass is 35.5. The van der Waals surface area contributed by atoms with Crippen LogP contribution in [0.4, 0.5) is 11.4 Å². The van der Waals surface area contributed by atoms with E-state index in [-0.39, 0.29) is 0 Å². The van der Waals surface area contributed by atoms with E-state index in [4.69, 9.17) is 17.3 Å². The maximum absolute atomic E-state index is 10.2. The predicted octanol–water partition coefficient (Wildman–Crippen LogP) is 3.13. The molecule has 0 aliphatic carbocycles. The van der Waals surface area contributed by atoms with E-state index in [2.05, 4.69) is 19.2 Å². The molecule has 1 atom stereocenters. The molecule has 0 aromatic heterocycles. The molecule has 1 rings (SSSR count). The van der Waals surface area contributed by atoms with Crippen LogP contribution in [0.5, 0.6) is 0 Å². The van der Waals surface area contributed by atoms with Crippen LogP contribution in [0, 0.1) is 5.92 Å². The minimum atomic E-state index is -0.747. The van der Waals surface area contributed by atoms with E-state index < -0.39 is 5.60 Å². The Morgan fingerprint density at radius 3 is 2.71 bits per heavy atom. The SMILES string of the molecule is CC(C)CC(C)(O)CNc1cc(Cl)ccc1N. The van der Waals surface area contributed by atoms with Crippen molar-refractivity contribution in [3.8, 4) is 0 Å². The van der Waals surface area contributed by atoms with Gasteiger partial charge >= 0.3 is 0 Å². The normalized spacial score (nSPS) is 14.7. The summed E-state index contributed by atoms with van der Waals surface area (Å²) in [5.74, 6) is 0.448. The number of nitrogens with one attached hydrogen (secondary N) is 1.